The predicted molar refractivity (Wildman–Crippen MR) is 87.4 cm³/mol. The highest BCUT2D eigenvalue weighted by molar-refractivity contribution is 6.26. The average molecular weight is 306 g/mol. The smallest absolute Gasteiger partial charge is 0.262 e. The molecule has 3 fully saturated rings. The van der Waals surface area contributed by atoms with Crippen molar-refractivity contribution < 1.29 is 9.59 Å². The van der Waals surface area contributed by atoms with Crippen molar-refractivity contribution in [3.8, 4) is 0 Å². The summed E-state index contributed by atoms with van der Waals surface area (Å²) in [7, 11) is 0. The fourth-order valence-electron chi connectivity index (χ4n) is 4.55. The van der Waals surface area contributed by atoms with Crippen molar-refractivity contribution in [2.75, 3.05) is 19.6 Å². The maximum atomic E-state index is 13.1. The second kappa shape index (κ2) is 4.65. The highest BCUT2D eigenvalue weighted by atomic mass is 16.2. The van der Waals surface area contributed by atoms with Gasteiger partial charge in [-0.1, -0.05) is 30.3 Å². The van der Waals surface area contributed by atoms with Gasteiger partial charge in [0.15, 0.2) is 0 Å². The van der Waals surface area contributed by atoms with Crippen molar-refractivity contribution in [2.45, 2.75) is 18.9 Å². The number of amides is 2. The molecule has 6 rings (SSSR count). The van der Waals surface area contributed by atoms with Crippen LogP contribution in [0.4, 0.5) is 0 Å². The number of carbonyl (C=O) groups is 2. The van der Waals surface area contributed by atoms with Gasteiger partial charge < -0.3 is 4.90 Å². The Labute approximate surface area is 134 Å². The summed E-state index contributed by atoms with van der Waals surface area (Å²) in [6, 6.07) is 11.6. The van der Waals surface area contributed by atoms with Crippen molar-refractivity contribution >= 4 is 22.6 Å². The van der Waals surface area contributed by atoms with Gasteiger partial charge in [-0.3, -0.25) is 14.5 Å². The van der Waals surface area contributed by atoms with Gasteiger partial charge in [-0.05, 0) is 48.7 Å². The zero-order valence-electron chi connectivity index (χ0n) is 12.9. The Hall–Kier alpha value is -2.20. The normalized spacial score (nSPS) is 29.4. The quantitative estimate of drug-likeness (QED) is 0.760. The van der Waals surface area contributed by atoms with Crippen LogP contribution in [0.15, 0.2) is 36.4 Å². The molecule has 3 saturated heterocycles. The summed E-state index contributed by atoms with van der Waals surface area (Å²) >= 11 is 0. The van der Waals surface area contributed by atoms with Crippen LogP contribution in [0.5, 0.6) is 0 Å². The molecule has 2 aromatic rings. The summed E-state index contributed by atoms with van der Waals surface area (Å²) in [6.45, 7) is 3.05. The van der Waals surface area contributed by atoms with Crippen LogP contribution in [-0.2, 0) is 0 Å². The number of fused-ring (bicyclic) bond motifs is 6. The molecule has 2 bridgehead atoms. The Kier molecular flexibility index (Phi) is 2.68. The van der Waals surface area contributed by atoms with Crippen molar-refractivity contribution in [1.82, 2.24) is 9.80 Å². The Balaban J connectivity index is 1.62. The molecule has 4 aliphatic rings. The minimum Gasteiger partial charge on any atom is -0.301 e. The molecule has 0 aliphatic carbocycles. The molecule has 116 valence electrons. The summed E-state index contributed by atoms with van der Waals surface area (Å²) in [5, 5.41) is 1.91. The molecule has 0 unspecified atom stereocenters. The van der Waals surface area contributed by atoms with E-state index < -0.39 is 0 Å². The Morgan fingerprint density at radius 3 is 2.43 bits per heavy atom. The largest absolute Gasteiger partial charge is 0.301 e. The molecule has 23 heavy (non-hydrogen) atoms. The zero-order valence-corrected chi connectivity index (χ0v) is 12.9. The minimum atomic E-state index is -0.102. The van der Waals surface area contributed by atoms with E-state index in [9.17, 15) is 9.59 Å². The van der Waals surface area contributed by atoms with Crippen molar-refractivity contribution in [3.05, 3.63) is 47.5 Å². The van der Waals surface area contributed by atoms with Gasteiger partial charge in [0.05, 0.1) is 17.2 Å². The molecule has 4 nitrogen and oxygen atoms in total. The van der Waals surface area contributed by atoms with E-state index in [0.717, 1.165) is 43.2 Å². The highest BCUT2D eigenvalue weighted by Crippen LogP contribution is 2.37. The average Bonchev–Trinajstić information content (AvgIpc) is 2.87. The number of rotatable bonds is 1. The molecule has 2 amide bonds. The van der Waals surface area contributed by atoms with Gasteiger partial charge in [0.1, 0.15) is 0 Å². The van der Waals surface area contributed by atoms with Gasteiger partial charge in [0, 0.05) is 6.54 Å². The van der Waals surface area contributed by atoms with Crippen molar-refractivity contribution in [1.29, 1.82) is 0 Å². The molecular weight excluding hydrogens is 288 g/mol. The summed E-state index contributed by atoms with van der Waals surface area (Å²) in [6.07, 6.45) is 2.19. The van der Waals surface area contributed by atoms with Gasteiger partial charge >= 0.3 is 0 Å². The number of benzene rings is 2. The molecule has 4 heterocycles. The zero-order chi connectivity index (χ0) is 15.6. The first-order chi connectivity index (χ1) is 11.2. The van der Waals surface area contributed by atoms with E-state index >= 15 is 0 Å². The van der Waals surface area contributed by atoms with E-state index in [1.165, 1.54) is 0 Å². The maximum absolute atomic E-state index is 13.1. The topological polar surface area (TPSA) is 40.6 Å². The molecule has 0 spiro atoms. The molecule has 1 atom stereocenters. The molecule has 4 aliphatic heterocycles. The van der Waals surface area contributed by atoms with E-state index in [1.807, 2.05) is 36.4 Å². The van der Waals surface area contributed by atoms with Crippen LogP contribution >= 0.6 is 0 Å². The van der Waals surface area contributed by atoms with Crippen LogP contribution in [0.2, 0.25) is 0 Å². The SMILES string of the molecule is O=C1c2ccc3ccccc3c2C(=O)N1[C@H]1CN2CCC1CC2. The number of imide groups is 1. The lowest BCUT2D eigenvalue weighted by atomic mass is 9.83. The first-order valence-electron chi connectivity index (χ1n) is 8.36. The van der Waals surface area contributed by atoms with Crippen LogP contribution in [0.3, 0.4) is 0 Å². The number of hydrogen-bond donors (Lipinski definition) is 0. The third-order valence-corrected chi connectivity index (χ3v) is 5.76. The number of piperidine rings is 3. The number of carbonyl (C=O) groups excluding carboxylic acids is 2. The molecule has 0 N–H and O–H groups in total. The summed E-state index contributed by atoms with van der Waals surface area (Å²) in [4.78, 5) is 29.9. The maximum Gasteiger partial charge on any atom is 0.262 e. The van der Waals surface area contributed by atoms with E-state index in [0.29, 0.717) is 17.0 Å². The predicted octanol–water partition coefficient (Wildman–Crippen LogP) is 2.53. The second-order valence-corrected chi connectivity index (χ2v) is 6.89. The van der Waals surface area contributed by atoms with Gasteiger partial charge in [-0.2, -0.15) is 0 Å². The summed E-state index contributed by atoms with van der Waals surface area (Å²) in [5.74, 6) is 0.267. The molecule has 0 saturated carbocycles. The molecule has 0 aromatic heterocycles. The monoisotopic (exact) mass is 306 g/mol. The van der Waals surface area contributed by atoms with E-state index in [4.69, 9.17) is 0 Å². The summed E-state index contributed by atoms with van der Waals surface area (Å²) < 4.78 is 0. The van der Waals surface area contributed by atoms with Crippen LogP contribution in [0, 0.1) is 5.92 Å². The third kappa shape index (κ3) is 1.75. The van der Waals surface area contributed by atoms with Crippen LogP contribution in [0.1, 0.15) is 33.6 Å². The standard InChI is InChI=1S/C19H18N2O2/c22-18-15-6-5-12-3-1-2-4-14(12)17(15)19(23)21(18)16-11-20-9-7-13(16)8-10-20/h1-6,13,16H,7-11H2/t16-/m0/s1. The van der Waals surface area contributed by atoms with Gasteiger partial charge in [-0.15, -0.1) is 0 Å². The van der Waals surface area contributed by atoms with Crippen LogP contribution in [-0.4, -0.2) is 47.3 Å². The van der Waals surface area contributed by atoms with E-state index in [-0.39, 0.29) is 17.9 Å². The van der Waals surface area contributed by atoms with Crippen LogP contribution in [0.25, 0.3) is 10.8 Å². The van der Waals surface area contributed by atoms with E-state index in [1.54, 1.807) is 4.90 Å². The lowest BCUT2D eigenvalue weighted by Gasteiger charge is -2.47. The fraction of sp³-hybridized carbons (Fsp3) is 0.368. The van der Waals surface area contributed by atoms with Gasteiger partial charge in [0.25, 0.3) is 11.8 Å². The molecule has 4 heteroatoms. The van der Waals surface area contributed by atoms with E-state index in [2.05, 4.69) is 4.90 Å². The third-order valence-electron chi connectivity index (χ3n) is 5.76. The van der Waals surface area contributed by atoms with Gasteiger partial charge in [-0.25, -0.2) is 0 Å². The molecular formula is C19H18N2O2. The Bertz CT molecular complexity index is 836. The Morgan fingerprint density at radius 1 is 0.913 bits per heavy atom. The van der Waals surface area contributed by atoms with Crippen molar-refractivity contribution in [3.63, 3.8) is 0 Å². The van der Waals surface area contributed by atoms with Crippen molar-refractivity contribution in [2.24, 2.45) is 5.92 Å². The first-order valence-corrected chi connectivity index (χ1v) is 8.36. The molecule has 0 radical (unpaired) electrons. The fourth-order valence-corrected chi connectivity index (χ4v) is 4.55. The highest BCUT2D eigenvalue weighted by Gasteiger charge is 2.46. The number of hydrogen-bond acceptors (Lipinski definition) is 3. The number of nitrogens with zero attached hydrogens (tertiary/aromatic N) is 2. The van der Waals surface area contributed by atoms with Crippen LogP contribution < -0.4 is 0 Å². The minimum absolute atomic E-state index is 0.0451. The first kappa shape index (κ1) is 13.3. The summed E-state index contributed by atoms with van der Waals surface area (Å²) in [5.41, 5.74) is 1.18. The lowest BCUT2D eigenvalue weighted by Crippen LogP contribution is -2.58. The second-order valence-electron chi connectivity index (χ2n) is 6.89. The lowest BCUT2D eigenvalue weighted by molar-refractivity contribution is 0.0121. The molecule has 2 aromatic carbocycles. The van der Waals surface area contributed by atoms with Gasteiger partial charge in [0.2, 0.25) is 0 Å². The Morgan fingerprint density at radius 2 is 1.70 bits per heavy atom.